The molecule has 1 aromatic carbocycles. The molecule has 160 valence electrons. The molecule has 0 aliphatic rings. The normalized spacial score (nSPS) is 11.3. The maximum Gasteiger partial charge on any atom is 0.270 e. The third-order valence-corrected chi connectivity index (χ3v) is 4.99. The van der Waals surface area contributed by atoms with Crippen molar-refractivity contribution < 1.29 is 4.42 Å². The van der Waals surface area contributed by atoms with E-state index in [0.717, 1.165) is 23.2 Å². The predicted molar refractivity (Wildman–Crippen MR) is 120 cm³/mol. The summed E-state index contributed by atoms with van der Waals surface area (Å²) in [5, 5.41) is 20.8. The van der Waals surface area contributed by atoms with E-state index in [1.54, 1.807) is 18.5 Å². The molecule has 0 saturated heterocycles. The summed E-state index contributed by atoms with van der Waals surface area (Å²) in [6, 6.07) is 13.7. The molecule has 0 aliphatic carbocycles. The van der Waals surface area contributed by atoms with Crippen LogP contribution in [0.3, 0.4) is 0 Å². The Hall–Kier alpha value is -4.16. The monoisotopic (exact) mass is 426 g/mol. The lowest BCUT2D eigenvalue weighted by atomic mass is 9.90. The average Bonchev–Trinajstić information content (AvgIpc) is 3.30. The molecular weight excluding hydrogens is 404 g/mol. The third kappa shape index (κ3) is 4.17. The van der Waals surface area contributed by atoms with E-state index in [1.807, 2.05) is 51.2 Å². The van der Waals surface area contributed by atoms with Crippen LogP contribution in [0.1, 0.15) is 25.1 Å². The van der Waals surface area contributed by atoms with Crippen molar-refractivity contribution in [3.8, 4) is 40.4 Å². The summed E-state index contributed by atoms with van der Waals surface area (Å²) in [4.78, 5) is 13.2. The number of hydrogen-bond acceptors (Lipinski definition) is 9. The van der Waals surface area contributed by atoms with Crippen molar-refractivity contribution in [3.05, 3.63) is 60.0 Å². The number of benzene rings is 1. The van der Waals surface area contributed by atoms with Crippen molar-refractivity contribution in [3.63, 3.8) is 0 Å². The minimum absolute atomic E-state index is 0.179. The van der Waals surface area contributed by atoms with E-state index in [1.165, 1.54) is 0 Å². The van der Waals surface area contributed by atoms with Crippen LogP contribution in [-0.4, -0.2) is 32.2 Å². The minimum atomic E-state index is -0.732. The van der Waals surface area contributed by atoms with Crippen LogP contribution in [0.5, 0.6) is 0 Å². The number of nitrogen functional groups attached to an aromatic ring is 1. The molecule has 0 bridgehead atoms. The van der Waals surface area contributed by atoms with Gasteiger partial charge in [-0.2, -0.15) is 5.26 Å². The molecule has 0 atom stereocenters. The molecule has 4 rings (SSSR count). The summed E-state index contributed by atoms with van der Waals surface area (Å²) in [6.07, 6.45) is 3.21. The van der Waals surface area contributed by atoms with Gasteiger partial charge in [-0.05, 0) is 50.7 Å². The zero-order chi connectivity index (χ0) is 22.7. The van der Waals surface area contributed by atoms with E-state index < -0.39 is 5.41 Å². The Morgan fingerprint density at radius 1 is 1.06 bits per heavy atom. The number of nitrogens with one attached hydrogen (secondary N) is 1. The topological polar surface area (TPSA) is 139 Å². The van der Waals surface area contributed by atoms with Gasteiger partial charge in [0, 0.05) is 23.9 Å². The fourth-order valence-electron chi connectivity index (χ4n) is 3.09. The molecule has 3 aromatic heterocycles. The van der Waals surface area contributed by atoms with Gasteiger partial charge in [0.2, 0.25) is 5.89 Å². The van der Waals surface area contributed by atoms with E-state index >= 15 is 0 Å². The number of aromatic nitrogens is 5. The molecule has 0 saturated carbocycles. The number of nitrogens with two attached hydrogens (primary N) is 1. The van der Waals surface area contributed by atoms with Crippen molar-refractivity contribution in [2.45, 2.75) is 25.8 Å². The third-order valence-electron chi connectivity index (χ3n) is 4.99. The summed E-state index contributed by atoms with van der Waals surface area (Å²) < 4.78 is 5.85. The molecule has 9 heteroatoms. The summed E-state index contributed by atoms with van der Waals surface area (Å²) >= 11 is 0. The molecule has 0 unspecified atom stereocenters. The number of pyridine rings is 1. The number of hydrogen-bond donors (Lipinski definition) is 2. The van der Waals surface area contributed by atoms with Crippen molar-refractivity contribution in [1.82, 2.24) is 30.5 Å². The zero-order valence-corrected chi connectivity index (χ0v) is 18.0. The highest BCUT2D eigenvalue weighted by Gasteiger charge is 2.22. The molecule has 3 N–H and O–H groups in total. The molecular formula is C23H22N8O. The minimum Gasteiger partial charge on any atom is -0.414 e. The van der Waals surface area contributed by atoms with Gasteiger partial charge in [0.05, 0.1) is 29.1 Å². The molecule has 0 fully saturated rings. The second-order valence-electron chi connectivity index (χ2n) is 7.80. The fraction of sp³-hybridized carbons (Fsp3) is 0.217. The van der Waals surface area contributed by atoms with Crippen molar-refractivity contribution in [2.75, 3.05) is 12.8 Å². The van der Waals surface area contributed by atoms with Crippen LogP contribution >= 0.6 is 0 Å². The lowest BCUT2D eigenvalue weighted by molar-refractivity contribution is 0.582. The number of nitriles is 1. The lowest BCUT2D eigenvalue weighted by Crippen LogP contribution is -2.15. The molecule has 0 spiro atoms. The Bertz CT molecular complexity index is 1290. The van der Waals surface area contributed by atoms with Crippen LogP contribution in [0.15, 0.2) is 53.2 Å². The first-order valence-corrected chi connectivity index (χ1v) is 10.00. The largest absolute Gasteiger partial charge is 0.414 e. The molecule has 0 aliphatic heterocycles. The standard InChI is InChI=1S/C23H22N8O/c1-23(2,13-24)18-10-16(8-9-27-18)17-12-28-20(25)19(29-17)22-31-30-21(32-22)15-6-4-14(5-7-15)11-26-3/h4-10,12,26H,11H2,1-3H3,(H2,25,28). The van der Waals surface area contributed by atoms with E-state index in [0.29, 0.717) is 23.0 Å². The molecule has 4 aromatic rings. The zero-order valence-electron chi connectivity index (χ0n) is 18.0. The van der Waals surface area contributed by atoms with Gasteiger partial charge in [-0.3, -0.25) is 4.98 Å². The molecule has 32 heavy (non-hydrogen) atoms. The van der Waals surface area contributed by atoms with Crippen LogP contribution < -0.4 is 11.1 Å². The molecule has 0 amide bonds. The lowest BCUT2D eigenvalue weighted by Gasteiger charge is -2.15. The number of nitrogens with zero attached hydrogens (tertiary/aromatic N) is 6. The quantitative estimate of drug-likeness (QED) is 0.475. The molecule has 3 heterocycles. The van der Waals surface area contributed by atoms with Crippen molar-refractivity contribution in [1.29, 1.82) is 5.26 Å². The predicted octanol–water partition coefficient (Wildman–Crippen LogP) is 3.36. The van der Waals surface area contributed by atoms with Gasteiger partial charge >= 0.3 is 0 Å². The Morgan fingerprint density at radius 2 is 1.81 bits per heavy atom. The Kier molecular flexibility index (Phi) is 5.62. The van der Waals surface area contributed by atoms with Gasteiger partial charge in [0.1, 0.15) is 0 Å². The maximum atomic E-state index is 9.41. The second kappa shape index (κ2) is 8.53. The van der Waals surface area contributed by atoms with E-state index in [-0.39, 0.29) is 11.7 Å². The highest BCUT2D eigenvalue weighted by molar-refractivity contribution is 5.69. The Balaban J connectivity index is 1.68. The first kappa shape index (κ1) is 21.1. The highest BCUT2D eigenvalue weighted by Crippen LogP contribution is 2.29. The Labute approximate surface area is 185 Å². The van der Waals surface area contributed by atoms with Crippen LogP contribution in [0.25, 0.3) is 34.3 Å². The fourth-order valence-corrected chi connectivity index (χ4v) is 3.09. The Morgan fingerprint density at radius 3 is 2.53 bits per heavy atom. The summed E-state index contributed by atoms with van der Waals surface area (Å²) in [5.41, 5.74) is 9.52. The van der Waals surface area contributed by atoms with Crippen LogP contribution in [0.4, 0.5) is 5.82 Å². The maximum absolute atomic E-state index is 9.41. The van der Waals surface area contributed by atoms with Gasteiger partial charge in [-0.15, -0.1) is 10.2 Å². The van der Waals surface area contributed by atoms with E-state index in [9.17, 15) is 5.26 Å². The first-order chi connectivity index (χ1) is 15.4. The van der Waals surface area contributed by atoms with Crippen LogP contribution in [0.2, 0.25) is 0 Å². The smallest absolute Gasteiger partial charge is 0.270 e. The summed E-state index contributed by atoms with van der Waals surface area (Å²) in [7, 11) is 1.90. The van der Waals surface area contributed by atoms with Crippen LogP contribution in [0, 0.1) is 11.3 Å². The first-order valence-electron chi connectivity index (χ1n) is 10.00. The summed E-state index contributed by atoms with van der Waals surface area (Å²) in [5.74, 6) is 0.724. The number of anilines is 1. The van der Waals surface area contributed by atoms with Gasteiger partial charge < -0.3 is 15.5 Å². The van der Waals surface area contributed by atoms with Crippen molar-refractivity contribution in [2.24, 2.45) is 0 Å². The average molecular weight is 426 g/mol. The molecule has 9 nitrogen and oxygen atoms in total. The van der Waals surface area contributed by atoms with Gasteiger partial charge in [0.15, 0.2) is 11.5 Å². The van der Waals surface area contributed by atoms with Crippen LogP contribution in [-0.2, 0) is 12.0 Å². The van der Waals surface area contributed by atoms with Crippen molar-refractivity contribution >= 4 is 5.82 Å². The van der Waals surface area contributed by atoms with Gasteiger partial charge in [-0.25, -0.2) is 9.97 Å². The van der Waals surface area contributed by atoms with Gasteiger partial charge in [-0.1, -0.05) is 12.1 Å². The highest BCUT2D eigenvalue weighted by atomic mass is 16.4. The van der Waals surface area contributed by atoms with E-state index in [2.05, 4.69) is 36.5 Å². The SMILES string of the molecule is CNCc1ccc(-c2nnc(-c3nc(-c4ccnc(C(C)(C)C#N)c4)cnc3N)o2)cc1. The summed E-state index contributed by atoms with van der Waals surface area (Å²) in [6.45, 7) is 4.39. The second-order valence-corrected chi connectivity index (χ2v) is 7.80. The van der Waals surface area contributed by atoms with E-state index in [4.69, 9.17) is 10.2 Å². The molecule has 0 radical (unpaired) electrons. The van der Waals surface area contributed by atoms with Gasteiger partial charge in [0.25, 0.3) is 5.89 Å². The number of rotatable bonds is 6.